The number of benzene rings is 1. The Bertz CT molecular complexity index is 617. The van der Waals surface area contributed by atoms with E-state index in [0.717, 1.165) is 31.7 Å². The maximum atomic E-state index is 11.8. The molecule has 126 valence electrons. The van der Waals surface area contributed by atoms with Crippen molar-refractivity contribution in [2.75, 3.05) is 44.2 Å². The highest BCUT2D eigenvalue weighted by Crippen LogP contribution is 2.21. The van der Waals surface area contributed by atoms with Crippen molar-refractivity contribution in [2.24, 2.45) is 0 Å². The van der Waals surface area contributed by atoms with E-state index in [0.29, 0.717) is 13.0 Å². The van der Waals surface area contributed by atoms with Gasteiger partial charge in [-0.25, -0.2) is 8.42 Å². The largest absolute Gasteiger partial charge is 0.300 e. The summed E-state index contributed by atoms with van der Waals surface area (Å²) in [5.41, 5.74) is 1.02. The molecule has 1 unspecified atom stereocenters. The average molecular weight is 335 g/mol. The maximum absolute atomic E-state index is 11.8. The van der Waals surface area contributed by atoms with Crippen molar-refractivity contribution >= 4 is 9.84 Å². The van der Waals surface area contributed by atoms with Gasteiger partial charge in [0, 0.05) is 38.5 Å². The lowest BCUT2D eigenvalue weighted by Gasteiger charge is -2.37. The molecule has 23 heavy (non-hydrogen) atoms. The first-order valence-electron chi connectivity index (χ1n) is 8.17. The quantitative estimate of drug-likeness (QED) is 0.759. The van der Waals surface area contributed by atoms with E-state index >= 15 is 0 Å². The minimum Gasteiger partial charge on any atom is -0.300 e. The minimum atomic E-state index is -2.92. The molecule has 0 N–H and O–H groups in total. The van der Waals surface area contributed by atoms with Gasteiger partial charge in [-0.2, -0.15) is 5.26 Å². The zero-order valence-electron chi connectivity index (χ0n) is 13.7. The van der Waals surface area contributed by atoms with Crippen LogP contribution in [0.4, 0.5) is 0 Å². The van der Waals surface area contributed by atoms with Gasteiger partial charge in [-0.05, 0) is 12.0 Å². The van der Waals surface area contributed by atoms with Crippen molar-refractivity contribution in [1.82, 2.24) is 9.80 Å². The fourth-order valence-electron chi connectivity index (χ4n) is 2.93. The second kappa shape index (κ2) is 8.44. The fourth-order valence-corrected chi connectivity index (χ4v) is 4.29. The molecule has 1 aromatic carbocycles. The lowest BCUT2D eigenvalue weighted by molar-refractivity contribution is 0.119. The molecular formula is C17H25N3O2S. The summed E-state index contributed by atoms with van der Waals surface area (Å²) in [4.78, 5) is 4.36. The van der Waals surface area contributed by atoms with Crippen LogP contribution in [-0.2, 0) is 9.84 Å². The van der Waals surface area contributed by atoms with Crippen molar-refractivity contribution in [1.29, 1.82) is 5.26 Å². The van der Waals surface area contributed by atoms with E-state index in [9.17, 15) is 13.7 Å². The molecule has 0 aromatic heterocycles. The molecule has 1 atom stereocenters. The second-order valence-electron chi connectivity index (χ2n) is 5.97. The van der Waals surface area contributed by atoms with E-state index in [-0.39, 0.29) is 17.5 Å². The number of nitriles is 1. The van der Waals surface area contributed by atoms with Gasteiger partial charge in [0.05, 0.1) is 11.8 Å². The predicted octanol–water partition coefficient (Wildman–Crippen LogP) is 1.69. The Kier molecular flexibility index (Phi) is 6.58. The highest BCUT2D eigenvalue weighted by atomic mass is 32.2. The Morgan fingerprint density at radius 1 is 1.13 bits per heavy atom. The average Bonchev–Trinajstić information content (AvgIpc) is 2.56. The normalized spacial score (nSPS) is 18.4. The van der Waals surface area contributed by atoms with Crippen molar-refractivity contribution < 1.29 is 8.42 Å². The summed E-state index contributed by atoms with van der Waals surface area (Å²) in [6.45, 7) is 5.70. The van der Waals surface area contributed by atoms with Crippen LogP contribution < -0.4 is 0 Å². The van der Waals surface area contributed by atoms with E-state index in [2.05, 4.69) is 15.9 Å². The number of hydrogen-bond donors (Lipinski definition) is 0. The van der Waals surface area contributed by atoms with Gasteiger partial charge in [0.2, 0.25) is 0 Å². The molecule has 0 bridgehead atoms. The van der Waals surface area contributed by atoms with Gasteiger partial charge in [-0.1, -0.05) is 37.3 Å². The zero-order valence-corrected chi connectivity index (χ0v) is 14.5. The Morgan fingerprint density at radius 2 is 1.78 bits per heavy atom. The minimum absolute atomic E-state index is 0.220. The third-order valence-corrected chi connectivity index (χ3v) is 6.08. The van der Waals surface area contributed by atoms with E-state index in [1.165, 1.54) is 0 Å². The van der Waals surface area contributed by atoms with Gasteiger partial charge >= 0.3 is 0 Å². The lowest BCUT2D eigenvalue weighted by Crippen LogP contribution is -2.48. The smallest absolute Gasteiger partial charge is 0.151 e. The van der Waals surface area contributed by atoms with E-state index < -0.39 is 9.84 Å². The standard InChI is InChI=1S/C17H25N3O2S/c1-2-13-23(21,22)14-12-19-8-10-20(11-9-19)17(15-18)16-6-4-3-5-7-16/h3-7,17H,2,8-14H2,1H3. The van der Waals surface area contributed by atoms with Gasteiger partial charge in [-0.15, -0.1) is 0 Å². The number of hydrogen-bond acceptors (Lipinski definition) is 5. The number of nitrogens with zero attached hydrogens (tertiary/aromatic N) is 3. The Labute approximate surface area is 139 Å². The van der Waals surface area contributed by atoms with Crippen LogP contribution in [0.2, 0.25) is 0 Å². The molecule has 0 radical (unpaired) electrons. The fraction of sp³-hybridized carbons (Fsp3) is 0.588. The molecule has 1 aliphatic heterocycles. The van der Waals surface area contributed by atoms with Crippen LogP contribution in [0.3, 0.4) is 0 Å². The highest BCUT2D eigenvalue weighted by molar-refractivity contribution is 7.91. The molecule has 1 heterocycles. The van der Waals surface area contributed by atoms with Gasteiger partial charge in [-0.3, -0.25) is 9.80 Å². The topological polar surface area (TPSA) is 64.4 Å². The first-order chi connectivity index (χ1) is 11.1. The molecular weight excluding hydrogens is 310 g/mol. The molecule has 1 aliphatic rings. The van der Waals surface area contributed by atoms with Crippen molar-refractivity contribution in [3.63, 3.8) is 0 Å². The lowest BCUT2D eigenvalue weighted by atomic mass is 10.1. The number of sulfone groups is 1. The van der Waals surface area contributed by atoms with Crippen LogP contribution in [0, 0.1) is 11.3 Å². The summed E-state index contributed by atoms with van der Waals surface area (Å²) in [7, 11) is -2.92. The van der Waals surface area contributed by atoms with Crippen LogP contribution in [0.1, 0.15) is 24.9 Å². The summed E-state index contributed by atoms with van der Waals surface area (Å²) < 4.78 is 23.6. The molecule has 6 heteroatoms. The SMILES string of the molecule is CCCS(=O)(=O)CCN1CCN(C(C#N)c2ccccc2)CC1. The monoisotopic (exact) mass is 335 g/mol. The van der Waals surface area contributed by atoms with Crippen molar-refractivity contribution in [3.05, 3.63) is 35.9 Å². The summed E-state index contributed by atoms with van der Waals surface area (Å²) in [5, 5.41) is 9.48. The summed E-state index contributed by atoms with van der Waals surface area (Å²) in [6.07, 6.45) is 0.678. The maximum Gasteiger partial charge on any atom is 0.151 e. The van der Waals surface area contributed by atoms with Crippen molar-refractivity contribution in [2.45, 2.75) is 19.4 Å². The highest BCUT2D eigenvalue weighted by Gasteiger charge is 2.25. The van der Waals surface area contributed by atoms with Crippen LogP contribution in [0.25, 0.3) is 0 Å². The second-order valence-corrected chi connectivity index (χ2v) is 8.28. The molecule has 0 saturated carbocycles. The van der Waals surface area contributed by atoms with E-state index in [1.54, 1.807) is 0 Å². The Balaban J connectivity index is 1.85. The van der Waals surface area contributed by atoms with Crippen LogP contribution in [0.15, 0.2) is 30.3 Å². The molecule has 1 saturated heterocycles. The molecule has 2 rings (SSSR count). The molecule has 0 aliphatic carbocycles. The summed E-state index contributed by atoms with van der Waals surface area (Å²) in [5.74, 6) is 0.513. The van der Waals surface area contributed by atoms with Gasteiger partial charge < -0.3 is 0 Å². The molecule has 1 aromatic rings. The molecule has 5 nitrogen and oxygen atoms in total. The third-order valence-electron chi connectivity index (χ3n) is 4.24. The number of rotatable bonds is 7. The van der Waals surface area contributed by atoms with Gasteiger partial charge in [0.1, 0.15) is 6.04 Å². The van der Waals surface area contributed by atoms with Crippen LogP contribution >= 0.6 is 0 Å². The van der Waals surface area contributed by atoms with E-state index in [1.807, 2.05) is 37.3 Å². The van der Waals surface area contributed by atoms with Gasteiger partial charge in [0.15, 0.2) is 9.84 Å². The third kappa shape index (κ3) is 5.31. The van der Waals surface area contributed by atoms with Crippen LogP contribution in [0.5, 0.6) is 0 Å². The van der Waals surface area contributed by atoms with Crippen molar-refractivity contribution in [3.8, 4) is 6.07 Å². The zero-order chi connectivity index (χ0) is 16.7. The Hall–Kier alpha value is -1.42. The first kappa shape index (κ1) is 17.9. The van der Waals surface area contributed by atoms with E-state index in [4.69, 9.17) is 0 Å². The predicted molar refractivity (Wildman–Crippen MR) is 91.8 cm³/mol. The summed E-state index contributed by atoms with van der Waals surface area (Å²) >= 11 is 0. The molecule has 0 spiro atoms. The molecule has 0 amide bonds. The van der Waals surface area contributed by atoms with Crippen LogP contribution in [-0.4, -0.2) is 62.4 Å². The molecule has 1 fully saturated rings. The summed E-state index contributed by atoms with van der Waals surface area (Å²) in [6, 6.07) is 12.0. The van der Waals surface area contributed by atoms with Gasteiger partial charge in [0.25, 0.3) is 0 Å². The number of piperazine rings is 1. The Morgan fingerprint density at radius 3 is 2.35 bits per heavy atom. The first-order valence-corrected chi connectivity index (χ1v) is 9.99.